The number of thiazole rings is 1. The second-order valence-corrected chi connectivity index (χ2v) is 9.81. The number of carbonyl (C=O) groups excluding carboxylic acids is 1. The van der Waals surface area contributed by atoms with Crippen LogP contribution in [0.15, 0.2) is 54.6 Å². The number of rotatable bonds is 7. The number of benzene rings is 3. The molecule has 0 unspecified atom stereocenters. The van der Waals surface area contributed by atoms with E-state index in [1.165, 1.54) is 11.3 Å². The van der Waals surface area contributed by atoms with Crippen LogP contribution < -0.4 is 9.64 Å². The molecule has 1 aromatic heterocycles. The molecule has 0 aliphatic carbocycles. The van der Waals surface area contributed by atoms with Gasteiger partial charge in [-0.25, -0.2) is 4.98 Å². The van der Waals surface area contributed by atoms with Gasteiger partial charge in [-0.15, -0.1) is 0 Å². The lowest BCUT2D eigenvalue weighted by Crippen LogP contribution is -2.44. The number of halogens is 1. The molecule has 2 heterocycles. The van der Waals surface area contributed by atoms with Crippen LogP contribution in [0, 0.1) is 6.92 Å². The van der Waals surface area contributed by atoms with Crippen molar-refractivity contribution >= 4 is 55.0 Å². The summed E-state index contributed by atoms with van der Waals surface area (Å²) in [6.45, 7) is 6.38. The lowest BCUT2D eigenvalue weighted by Gasteiger charge is -2.29. The van der Waals surface area contributed by atoms with Crippen LogP contribution in [0.4, 0.5) is 5.13 Å². The Balaban J connectivity index is 1.36. The summed E-state index contributed by atoms with van der Waals surface area (Å²) in [7, 11) is 0. The van der Waals surface area contributed by atoms with Crippen LogP contribution in [0.2, 0.25) is 5.02 Å². The van der Waals surface area contributed by atoms with E-state index in [9.17, 15) is 4.79 Å². The molecule has 0 radical (unpaired) electrons. The Morgan fingerprint density at radius 1 is 1.15 bits per heavy atom. The molecule has 6 nitrogen and oxygen atoms in total. The molecule has 1 fully saturated rings. The number of carbonyl (C=O) groups is 1. The van der Waals surface area contributed by atoms with E-state index in [2.05, 4.69) is 11.0 Å². The van der Waals surface area contributed by atoms with Crippen molar-refractivity contribution in [3.63, 3.8) is 0 Å². The lowest BCUT2D eigenvalue weighted by molar-refractivity contribution is -0.120. The number of fused-ring (bicyclic) bond motifs is 2. The summed E-state index contributed by atoms with van der Waals surface area (Å²) in [5.74, 6) is 0.552. The number of ether oxygens (including phenoxy) is 2. The fraction of sp³-hybridized carbons (Fsp3) is 0.308. The van der Waals surface area contributed by atoms with Crippen LogP contribution in [0.3, 0.4) is 0 Å². The first-order valence-electron chi connectivity index (χ1n) is 11.4. The molecule has 0 bridgehead atoms. The molecule has 3 aromatic carbocycles. The maximum atomic E-state index is 13.4. The average molecular weight is 496 g/mol. The zero-order valence-electron chi connectivity index (χ0n) is 19.0. The quantitative estimate of drug-likeness (QED) is 0.354. The number of aryl methyl sites for hydroxylation is 1. The maximum absolute atomic E-state index is 13.4. The van der Waals surface area contributed by atoms with Crippen LogP contribution in [0.5, 0.6) is 5.75 Å². The van der Waals surface area contributed by atoms with Crippen molar-refractivity contribution < 1.29 is 14.3 Å². The molecule has 0 spiro atoms. The van der Waals surface area contributed by atoms with Gasteiger partial charge in [0.2, 0.25) is 0 Å². The maximum Gasteiger partial charge on any atom is 0.266 e. The van der Waals surface area contributed by atoms with Gasteiger partial charge < -0.3 is 9.47 Å². The molecule has 34 heavy (non-hydrogen) atoms. The summed E-state index contributed by atoms with van der Waals surface area (Å²) in [4.78, 5) is 22.2. The molecule has 1 aliphatic heterocycles. The van der Waals surface area contributed by atoms with Crippen LogP contribution in [0.1, 0.15) is 5.56 Å². The average Bonchev–Trinajstić information content (AvgIpc) is 3.27. The van der Waals surface area contributed by atoms with Crippen LogP contribution >= 0.6 is 22.9 Å². The Bertz CT molecular complexity index is 1320. The minimum Gasteiger partial charge on any atom is -0.484 e. The third kappa shape index (κ3) is 5.18. The second kappa shape index (κ2) is 10.3. The summed E-state index contributed by atoms with van der Waals surface area (Å²) in [6, 6.07) is 17.8. The van der Waals surface area contributed by atoms with E-state index < -0.39 is 0 Å². The number of anilines is 1. The van der Waals surface area contributed by atoms with Crippen LogP contribution in [-0.4, -0.2) is 61.8 Å². The Kier molecular flexibility index (Phi) is 6.97. The van der Waals surface area contributed by atoms with Crippen molar-refractivity contribution in [1.29, 1.82) is 0 Å². The molecule has 1 aliphatic rings. The van der Waals surface area contributed by atoms with Gasteiger partial charge in [-0.1, -0.05) is 53.3 Å². The molecule has 5 rings (SSSR count). The Hall–Kier alpha value is -2.71. The van der Waals surface area contributed by atoms with Crippen LogP contribution in [-0.2, 0) is 9.53 Å². The van der Waals surface area contributed by atoms with Gasteiger partial charge in [0, 0.05) is 31.2 Å². The lowest BCUT2D eigenvalue weighted by atomic mass is 10.1. The molecule has 0 saturated carbocycles. The highest BCUT2D eigenvalue weighted by molar-refractivity contribution is 7.22. The van der Waals surface area contributed by atoms with Gasteiger partial charge in [-0.2, -0.15) is 0 Å². The molecule has 0 atom stereocenters. The van der Waals surface area contributed by atoms with E-state index in [0.29, 0.717) is 22.4 Å². The van der Waals surface area contributed by atoms with Gasteiger partial charge in [0.1, 0.15) is 5.75 Å². The molecule has 4 aromatic rings. The number of nitrogens with zero attached hydrogens (tertiary/aromatic N) is 3. The van der Waals surface area contributed by atoms with Gasteiger partial charge in [-0.05, 0) is 47.5 Å². The molecular weight excluding hydrogens is 470 g/mol. The smallest absolute Gasteiger partial charge is 0.266 e. The largest absolute Gasteiger partial charge is 0.484 e. The third-order valence-electron chi connectivity index (χ3n) is 6.00. The summed E-state index contributed by atoms with van der Waals surface area (Å²) in [5.41, 5.74) is 1.88. The van der Waals surface area contributed by atoms with Crippen molar-refractivity contribution in [1.82, 2.24) is 9.88 Å². The number of hydrogen-bond donors (Lipinski definition) is 0. The van der Waals surface area contributed by atoms with E-state index in [0.717, 1.165) is 59.4 Å². The SMILES string of the molecule is Cc1cc(Cl)cc2sc(N(CCN3CCOCC3)C(=O)COc3ccc4ccccc4c3)nc12. The summed E-state index contributed by atoms with van der Waals surface area (Å²) >= 11 is 7.74. The van der Waals surface area contributed by atoms with Gasteiger partial charge in [0.15, 0.2) is 11.7 Å². The molecule has 176 valence electrons. The molecule has 1 saturated heterocycles. The van der Waals surface area contributed by atoms with Crippen molar-refractivity contribution in [3.05, 3.63) is 65.2 Å². The topological polar surface area (TPSA) is 54.9 Å². The molecule has 0 N–H and O–H groups in total. The van der Waals surface area contributed by atoms with Gasteiger partial charge in [0.25, 0.3) is 5.91 Å². The highest BCUT2D eigenvalue weighted by Gasteiger charge is 2.23. The van der Waals surface area contributed by atoms with Crippen LogP contribution in [0.25, 0.3) is 21.0 Å². The normalized spacial score (nSPS) is 14.5. The summed E-state index contributed by atoms with van der Waals surface area (Å²) in [6.07, 6.45) is 0. The van der Waals surface area contributed by atoms with Crippen molar-refractivity contribution in [2.24, 2.45) is 0 Å². The van der Waals surface area contributed by atoms with Gasteiger partial charge >= 0.3 is 0 Å². The number of hydrogen-bond acceptors (Lipinski definition) is 6. The predicted octanol–water partition coefficient (Wildman–Crippen LogP) is 5.16. The number of aromatic nitrogens is 1. The third-order valence-corrected chi connectivity index (χ3v) is 7.24. The van der Waals surface area contributed by atoms with Crippen molar-refractivity contribution in [3.8, 4) is 5.75 Å². The van der Waals surface area contributed by atoms with E-state index in [1.807, 2.05) is 55.5 Å². The minimum absolute atomic E-state index is 0.0584. The fourth-order valence-electron chi connectivity index (χ4n) is 4.13. The Labute approximate surface area is 207 Å². The zero-order valence-corrected chi connectivity index (χ0v) is 20.6. The highest BCUT2D eigenvalue weighted by Crippen LogP contribution is 2.33. The van der Waals surface area contributed by atoms with E-state index >= 15 is 0 Å². The molecule has 1 amide bonds. The van der Waals surface area contributed by atoms with E-state index in [4.69, 9.17) is 26.1 Å². The minimum atomic E-state index is -0.121. The first kappa shape index (κ1) is 23.1. The number of morpholine rings is 1. The first-order valence-corrected chi connectivity index (χ1v) is 12.5. The standard InChI is InChI=1S/C26H26ClN3O3S/c1-18-14-21(27)16-23-25(18)28-26(34-23)30(9-8-29-10-12-32-13-11-29)24(31)17-33-22-7-6-19-4-2-3-5-20(19)15-22/h2-7,14-16H,8-13,17H2,1H3. The molecule has 8 heteroatoms. The zero-order chi connectivity index (χ0) is 23.5. The first-order chi connectivity index (χ1) is 16.6. The molecular formula is C26H26ClN3O3S. The van der Waals surface area contributed by atoms with Gasteiger partial charge in [0.05, 0.1) is 23.4 Å². The second-order valence-electron chi connectivity index (χ2n) is 8.36. The monoisotopic (exact) mass is 495 g/mol. The Morgan fingerprint density at radius 2 is 1.94 bits per heavy atom. The predicted molar refractivity (Wildman–Crippen MR) is 138 cm³/mol. The van der Waals surface area contributed by atoms with Gasteiger partial charge in [-0.3, -0.25) is 14.6 Å². The van der Waals surface area contributed by atoms with E-state index in [-0.39, 0.29) is 12.5 Å². The summed E-state index contributed by atoms with van der Waals surface area (Å²) < 4.78 is 12.3. The van der Waals surface area contributed by atoms with E-state index in [1.54, 1.807) is 4.90 Å². The van der Waals surface area contributed by atoms with Crippen molar-refractivity contribution in [2.45, 2.75) is 6.92 Å². The fourth-order valence-corrected chi connectivity index (χ4v) is 5.60. The number of amides is 1. The Morgan fingerprint density at radius 3 is 2.76 bits per heavy atom. The summed E-state index contributed by atoms with van der Waals surface area (Å²) in [5, 5.41) is 3.55. The highest BCUT2D eigenvalue weighted by atomic mass is 35.5. The van der Waals surface area contributed by atoms with Crippen molar-refractivity contribution in [2.75, 3.05) is 50.9 Å².